The molecule has 0 aliphatic heterocycles. The number of aromatic nitrogens is 1. The first-order chi connectivity index (χ1) is 12.5. The molecule has 0 spiro atoms. The molecule has 1 amide bonds. The van der Waals surface area contributed by atoms with Gasteiger partial charge in [-0.05, 0) is 37.1 Å². The lowest BCUT2D eigenvalue weighted by molar-refractivity contribution is 0.0928. The third-order valence-electron chi connectivity index (χ3n) is 4.46. The molecule has 0 bridgehead atoms. The highest BCUT2D eigenvalue weighted by molar-refractivity contribution is 5.96. The van der Waals surface area contributed by atoms with E-state index in [-0.39, 0.29) is 17.2 Å². The molecule has 2 N–H and O–H groups in total. The molecule has 2 heterocycles. The fourth-order valence-corrected chi connectivity index (χ4v) is 3.21. The number of H-pyrrole nitrogens is 1. The summed E-state index contributed by atoms with van der Waals surface area (Å²) in [4.78, 5) is 15.2. The van der Waals surface area contributed by atoms with Gasteiger partial charge in [0, 0.05) is 29.1 Å². The van der Waals surface area contributed by atoms with Crippen molar-refractivity contribution in [2.45, 2.75) is 13.3 Å². The summed E-state index contributed by atoms with van der Waals surface area (Å²) < 4.78 is 32.9. The Hall–Kier alpha value is -3.15. The SMILES string of the molecule is Cc1[nH]c2c(F)cc(F)cc2c1CCNC(=O)c1cc2ccccc2o1. The van der Waals surface area contributed by atoms with Gasteiger partial charge in [-0.2, -0.15) is 0 Å². The predicted molar refractivity (Wildman–Crippen MR) is 95.2 cm³/mol. The van der Waals surface area contributed by atoms with Crippen molar-refractivity contribution in [1.29, 1.82) is 0 Å². The van der Waals surface area contributed by atoms with E-state index in [1.807, 2.05) is 18.2 Å². The van der Waals surface area contributed by atoms with Crippen molar-refractivity contribution < 1.29 is 18.0 Å². The molecular weight excluding hydrogens is 338 g/mol. The maximum Gasteiger partial charge on any atom is 0.287 e. The van der Waals surface area contributed by atoms with E-state index in [2.05, 4.69) is 10.3 Å². The van der Waals surface area contributed by atoms with E-state index in [4.69, 9.17) is 4.42 Å². The standard InChI is InChI=1S/C20H16F2N2O2/c1-11-14(15-9-13(21)10-16(22)19(15)24-11)6-7-23-20(25)18-8-12-4-2-3-5-17(12)26-18/h2-5,8-10,24H,6-7H2,1H3,(H,23,25). The van der Waals surface area contributed by atoms with E-state index in [0.717, 1.165) is 22.7 Å². The summed E-state index contributed by atoms with van der Waals surface area (Å²) in [6.45, 7) is 2.12. The second-order valence-electron chi connectivity index (χ2n) is 6.19. The van der Waals surface area contributed by atoms with Crippen molar-refractivity contribution in [2.24, 2.45) is 0 Å². The van der Waals surface area contributed by atoms with Gasteiger partial charge in [-0.15, -0.1) is 0 Å². The maximum absolute atomic E-state index is 13.9. The van der Waals surface area contributed by atoms with Crippen LogP contribution in [0.1, 0.15) is 21.8 Å². The third kappa shape index (κ3) is 2.83. The van der Waals surface area contributed by atoms with Crippen LogP contribution < -0.4 is 5.32 Å². The van der Waals surface area contributed by atoms with Crippen LogP contribution in [0.2, 0.25) is 0 Å². The summed E-state index contributed by atoms with van der Waals surface area (Å²) in [6, 6.07) is 11.2. The van der Waals surface area contributed by atoms with Crippen LogP contribution in [-0.2, 0) is 6.42 Å². The van der Waals surface area contributed by atoms with Crippen molar-refractivity contribution in [2.75, 3.05) is 6.54 Å². The molecule has 0 saturated carbocycles. The average Bonchev–Trinajstić information content (AvgIpc) is 3.17. The number of hydrogen-bond acceptors (Lipinski definition) is 2. The molecule has 0 unspecified atom stereocenters. The first kappa shape index (κ1) is 16.3. The smallest absolute Gasteiger partial charge is 0.287 e. The van der Waals surface area contributed by atoms with Crippen molar-refractivity contribution in [3.8, 4) is 0 Å². The topological polar surface area (TPSA) is 58.0 Å². The van der Waals surface area contributed by atoms with Crippen molar-refractivity contribution in [1.82, 2.24) is 10.3 Å². The number of hydrogen-bond donors (Lipinski definition) is 2. The Kier molecular flexibility index (Phi) is 3.95. The summed E-state index contributed by atoms with van der Waals surface area (Å²) in [6.07, 6.45) is 0.445. The molecule has 0 radical (unpaired) electrons. The van der Waals surface area contributed by atoms with Gasteiger partial charge in [-0.1, -0.05) is 18.2 Å². The number of nitrogens with one attached hydrogen (secondary N) is 2. The van der Waals surface area contributed by atoms with Crippen LogP contribution in [0.5, 0.6) is 0 Å². The Bertz CT molecular complexity index is 1090. The minimum Gasteiger partial charge on any atom is -0.451 e. The number of rotatable bonds is 4. The molecule has 0 aliphatic rings. The van der Waals surface area contributed by atoms with Gasteiger partial charge in [0.1, 0.15) is 17.2 Å². The Balaban J connectivity index is 1.50. The van der Waals surface area contributed by atoms with Crippen LogP contribution in [0.15, 0.2) is 46.9 Å². The molecule has 2 aromatic carbocycles. The number of benzene rings is 2. The number of carbonyl (C=O) groups excluding carboxylic acids is 1. The predicted octanol–water partition coefficient (Wildman–Crippen LogP) is 4.47. The van der Waals surface area contributed by atoms with Crippen molar-refractivity contribution in [3.05, 3.63) is 71.1 Å². The van der Waals surface area contributed by atoms with E-state index in [0.29, 0.717) is 23.9 Å². The molecular formula is C20H16F2N2O2. The molecule has 4 rings (SSSR count). The van der Waals surface area contributed by atoms with Gasteiger partial charge < -0.3 is 14.7 Å². The number of para-hydroxylation sites is 1. The van der Waals surface area contributed by atoms with Gasteiger partial charge in [-0.3, -0.25) is 4.79 Å². The average molecular weight is 354 g/mol. The number of aryl methyl sites for hydroxylation is 1. The molecule has 4 nitrogen and oxygen atoms in total. The molecule has 132 valence electrons. The van der Waals surface area contributed by atoms with Crippen molar-refractivity contribution >= 4 is 27.8 Å². The first-order valence-corrected chi connectivity index (χ1v) is 8.26. The monoisotopic (exact) mass is 354 g/mol. The number of halogens is 2. The number of furan rings is 1. The van der Waals surface area contributed by atoms with E-state index < -0.39 is 11.6 Å². The summed E-state index contributed by atoms with van der Waals surface area (Å²) in [5, 5.41) is 4.14. The van der Waals surface area contributed by atoms with Crippen LogP contribution in [0, 0.1) is 18.6 Å². The fraction of sp³-hybridized carbons (Fsp3) is 0.150. The second kappa shape index (κ2) is 6.29. The van der Waals surface area contributed by atoms with Crippen LogP contribution >= 0.6 is 0 Å². The molecule has 2 aromatic heterocycles. The number of fused-ring (bicyclic) bond motifs is 2. The minimum absolute atomic E-state index is 0.235. The van der Waals surface area contributed by atoms with Gasteiger partial charge in [0.2, 0.25) is 0 Å². The lowest BCUT2D eigenvalue weighted by Gasteiger charge is -2.04. The Morgan fingerprint density at radius 1 is 1.19 bits per heavy atom. The zero-order chi connectivity index (χ0) is 18.3. The lowest BCUT2D eigenvalue weighted by atomic mass is 10.1. The number of amides is 1. The van der Waals surface area contributed by atoms with E-state index >= 15 is 0 Å². The van der Waals surface area contributed by atoms with Crippen LogP contribution in [0.25, 0.3) is 21.9 Å². The van der Waals surface area contributed by atoms with E-state index in [1.165, 1.54) is 6.07 Å². The highest BCUT2D eigenvalue weighted by atomic mass is 19.1. The second-order valence-corrected chi connectivity index (χ2v) is 6.19. The zero-order valence-electron chi connectivity index (χ0n) is 14.0. The summed E-state index contributed by atoms with van der Waals surface area (Å²) >= 11 is 0. The van der Waals surface area contributed by atoms with Gasteiger partial charge in [-0.25, -0.2) is 8.78 Å². The largest absolute Gasteiger partial charge is 0.451 e. The number of aromatic amines is 1. The van der Waals surface area contributed by atoms with Crippen LogP contribution in [0.3, 0.4) is 0 Å². The fourth-order valence-electron chi connectivity index (χ4n) is 3.21. The summed E-state index contributed by atoms with van der Waals surface area (Å²) in [7, 11) is 0. The Morgan fingerprint density at radius 3 is 2.81 bits per heavy atom. The highest BCUT2D eigenvalue weighted by Gasteiger charge is 2.15. The van der Waals surface area contributed by atoms with Crippen molar-refractivity contribution in [3.63, 3.8) is 0 Å². The van der Waals surface area contributed by atoms with Gasteiger partial charge >= 0.3 is 0 Å². The molecule has 0 saturated heterocycles. The van der Waals surface area contributed by atoms with Gasteiger partial charge in [0.25, 0.3) is 5.91 Å². The normalized spacial score (nSPS) is 11.3. The van der Waals surface area contributed by atoms with Crippen LogP contribution in [-0.4, -0.2) is 17.4 Å². The highest BCUT2D eigenvalue weighted by Crippen LogP contribution is 2.26. The number of carbonyl (C=O) groups is 1. The van der Waals surface area contributed by atoms with Gasteiger partial charge in [0.05, 0.1) is 5.52 Å². The van der Waals surface area contributed by atoms with E-state index in [1.54, 1.807) is 19.1 Å². The van der Waals surface area contributed by atoms with E-state index in [9.17, 15) is 13.6 Å². The third-order valence-corrected chi connectivity index (χ3v) is 4.46. The summed E-state index contributed by atoms with van der Waals surface area (Å²) in [5.41, 5.74) is 2.46. The molecule has 26 heavy (non-hydrogen) atoms. The Morgan fingerprint density at radius 2 is 2.00 bits per heavy atom. The van der Waals surface area contributed by atoms with Crippen LogP contribution in [0.4, 0.5) is 8.78 Å². The minimum atomic E-state index is -0.624. The quantitative estimate of drug-likeness (QED) is 0.568. The maximum atomic E-state index is 13.9. The zero-order valence-corrected chi connectivity index (χ0v) is 14.0. The molecule has 4 aromatic rings. The Labute approximate surface area is 147 Å². The first-order valence-electron chi connectivity index (χ1n) is 8.26. The molecule has 6 heteroatoms. The molecule has 0 aliphatic carbocycles. The lowest BCUT2D eigenvalue weighted by Crippen LogP contribution is -2.25. The summed E-state index contributed by atoms with van der Waals surface area (Å²) in [5.74, 6) is -1.34. The molecule has 0 atom stereocenters. The van der Waals surface area contributed by atoms with Gasteiger partial charge in [0.15, 0.2) is 5.76 Å². The molecule has 0 fully saturated rings.